The number of imide groups is 2. The minimum atomic E-state index is -0.905. The van der Waals surface area contributed by atoms with E-state index < -0.39 is 23.8 Å². The van der Waals surface area contributed by atoms with Gasteiger partial charge in [0.25, 0.3) is 5.91 Å². The number of likely N-dealkylation sites (N-methyl/N-ethyl adjacent to an activating group) is 1. The molecule has 1 aliphatic heterocycles. The van der Waals surface area contributed by atoms with Crippen LogP contribution in [-0.2, 0) is 16.0 Å². The molecule has 0 unspecified atom stereocenters. The zero-order chi connectivity index (χ0) is 16.0. The lowest BCUT2D eigenvalue weighted by molar-refractivity contribution is -0.129. The number of aromatic amines is 1. The van der Waals surface area contributed by atoms with E-state index in [4.69, 9.17) is 11.6 Å². The quantitative estimate of drug-likeness (QED) is 0.693. The van der Waals surface area contributed by atoms with Crippen molar-refractivity contribution in [2.24, 2.45) is 0 Å². The van der Waals surface area contributed by atoms with Crippen LogP contribution in [0, 0.1) is 5.82 Å². The highest BCUT2D eigenvalue weighted by Crippen LogP contribution is 2.29. The van der Waals surface area contributed by atoms with Crippen molar-refractivity contribution in [3.8, 4) is 0 Å². The van der Waals surface area contributed by atoms with Gasteiger partial charge in [0.05, 0.1) is 5.52 Å². The number of benzene rings is 1. The number of rotatable bonds is 3. The van der Waals surface area contributed by atoms with Gasteiger partial charge in [-0.1, -0.05) is 11.6 Å². The van der Waals surface area contributed by atoms with Crippen molar-refractivity contribution in [1.82, 2.24) is 14.8 Å². The molecule has 4 amide bonds. The fourth-order valence-corrected chi connectivity index (χ4v) is 2.84. The van der Waals surface area contributed by atoms with Crippen LogP contribution in [0.3, 0.4) is 0 Å². The van der Waals surface area contributed by atoms with Gasteiger partial charge in [-0.3, -0.25) is 19.4 Å². The minimum Gasteiger partial charge on any atom is -0.360 e. The summed E-state index contributed by atoms with van der Waals surface area (Å²) in [6.07, 6.45) is 2.07. The van der Waals surface area contributed by atoms with E-state index in [1.807, 2.05) is 0 Å². The fraction of sp³-hybridized carbons (Fsp3) is 0.214. The first-order valence-corrected chi connectivity index (χ1v) is 6.82. The molecule has 3 rings (SSSR count). The largest absolute Gasteiger partial charge is 0.360 e. The van der Waals surface area contributed by atoms with Crippen LogP contribution in [0.4, 0.5) is 9.18 Å². The third-order valence-corrected chi connectivity index (χ3v) is 4.19. The maximum atomic E-state index is 13.4. The average molecular weight is 324 g/mol. The van der Waals surface area contributed by atoms with Crippen LogP contribution in [0.25, 0.3) is 10.9 Å². The minimum absolute atomic E-state index is 0.0399. The molecule has 0 spiro atoms. The molecule has 8 heteroatoms. The molecule has 1 N–H and O–H groups in total. The van der Waals surface area contributed by atoms with Gasteiger partial charge in [-0.2, -0.15) is 0 Å². The number of nitrogens with one attached hydrogen (secondary N) is 1. The number of fused-ring (bicyclic) bond motifs is 1. The number of amides is 4. The maximum absolute atomic E-state index is 13.4. The summed E-state index contributed by atoms with van der Waals surface area (Å²) in [5.41, 5.74) is 1.09. The van der Waals surface area contributed by atoms with Crippen molar-refractivity contribution in [3.05, 3.63) is 34.7 Å². The molecule has 0 saturated carbocycles. The zero-order valence-corrected chi connectivity index (χ0v) is 12.2. The Hall–Kier alpha value is -2.41. The Kier molecular flexibility index (Phi) is 3.37. The van der Waals surface area contributed by atoms with Crippen molar-refractivity contribution in [3.63, 3.8) is 0 Å². The number of nitrogens with zero attached hydrogens (tertiary/aromatic N) is 2. The Balaban J connectivity index is 2.00. The summed E-state index contributed by atoms with van der Waals surface area (Å²) in [4.78, 5) is 39.5. The molecule has 1 aliphatic rings. The van der Waals surface area contributed by atoms with E-state index in [0.29, 0.717) is 22.9 Å². The molecular weight excluding hydrogens is 313 g/mol. The van der Waals surface area contributed by atoms with E-state index in [1.54, 1.807) is 12.3 Å². The Bertz CT molecular complexity index is 804. The molecule has 1 atom stereocenters. The lowest BCUT2D eigenvalue weighted by Gasteiger charge is -2.13. The van der Waals surface area contributed by atoms with Crippen LogP contribution in [0.15, 0.2) is 18.3 Å². The second kappa shape index (κ2) is 5.10. The van der Waals surface area contributed by atoms with E-state index >= 15 is 0 Å². The molecule has 6 nitrogen and oxygen atoms in total. The summed E-state index contributed by atoms with van der Waals surface area (Å²) < 4.78 is 13.4. The van der Waals surface area contributed by atoms with Crippen molar-refractivity contribution < 1.29 is 18.8 Å². The number of carbonyl (C=O) groups is 3. The van der Waals surface area contributed by atoms with Gasteiger partial charge in [-0.15, -0.1) is 0 Å². The van der Waals surface area contributed by atoms with Gasteiger partial charge < -0.3 is 4.98 Å². The number of aromatic nitrogens is 1. The number of carbonyl (C=O) groups excluding carboxylic acids is 3. The monoisotopic (exact) mass is 323 g/mol. The first-order chi connectivity index (χ1) is 10.5. The third kappa shape index (κ3) is 1.97. The van der Waals surface area contributed by atoms with Crippen LogP contribution in [0.2, 0.25) is 5.02 Å². The number of hydrogen-bond donors (Lipinski definition) is 1. The molecule has 0 radical (unpaired) electrons. The highest BCUT2D eigenvalue weighted by atomic mass is 35.5. The van der Waals surface area contributed by atoms with Crippen molar-refractivity contribution in [2.45, 2.75) is 12.5 Å². The lowest BCUT2D eigenvalue weighted by atomic mass is 10.0. The topological polar surface area (TPSA) is 73.5 Å². The van der Waals surface area contributed by atoms with Crippen LogP contribution in [0.1, 0.15) is 5.56 Å². The Morgan fingerprint density at radius 3 is 2.82 bits per heavy atom. The molecule has 1 aromatic carbocycles. The number of urea groups is 1. The predicted molar refractivity (Wildman–Crippen MR) is 76.8 cm³/mol. The lowest BCUT2D eigenvalue weighted by Crippen LogP contribution is -2.35. The molecule has 0 aliphatic carbocycles. The van der Waals surface area contributed by atoms with Gasteiger partial charge in [0, 0.05) is 25.1 Å². The fourth-order valence-electron chi connectivity index (χ4n) is 2.62. The second-order valence-electron chi connectivity index (χ2n) is 5.01. The van der Waals surface area contributed by atoms with Crippen LogP contribution in [0.5, 0.6) is 0 Å². The predicted octanol–water partition coefficient (Wildman–Crippen LogP) is 1.92. The van der Waals surface area contributed by atoms with E-state index in [1.165, 1.54) is 13.1 Å². The summed E-state index contributed by atoms with van der Waals surface area (Å²) in [7, 11) is 1.32. The summed E-state index contributed by atoms with van der Waals surface area (Å²) >= 11 is 5.88. The van der Waals surface area contributed by atoms with Gasteiger partial charge in [-0.05, 0) is 17.7 Å². The maximum Gasteiger partial charge on any atom is 0.333 e. The SMILES string of the molecule is CN1C(=O)[C@@H](Cc2c[nH]c3c(Cl)c(F)ccc23)N(C=O)C1=O. The standard InChI is InChI=1S/C14H11ClFN3O3/c1-18-13(21)10(19(6-20)14(18)22)4-7-5-17-12-8(7)2-3-9(16)11(12)15/h2-3,5-6,10,17H,4H2,1H3/t10-/m1/s1. The molecule has 1 fully saturated rings. The van der Waals surface area contributed by atoms with Gasteiger partial charge in [0.1, 0.15) is 16.9 Å². The second-order valence-corrected chi connectivity index (χ2v) is 5.39. The summed E-state index contributed by atoms with van der Waals surface area (Å²) in [6, 6.07) is 1.21. The van der Waals surface area contributed by atoms with E-state index in [0.717, 1.165) is 9.80 Å². The highest BCUT2D eigenvalue weighted by molar-refractivity contribution is 6.35. The van der Waals surface area contributed by atoms with Crippen molar-refractivity contribution in [1.29, 1.82) is 0 Å². The molecule has 2 aromatic rings. The molecule has 1 aromatic heterocycles. The van der Waals surface area contributed by atoms with Crippen molar-refractivity contribution >= 4 is 40.9 Å². The smallest absolute Gasteiger partial charge is 0.333 e. The summed E-state index contributed by atoms with van der Waals surface area (Å²) in [5.74, 6) is -1.01. The first kappa shape index (κ1) is 14.5. The Morgan fingerprint density at radius 1 is 1.41 bits per heavy atom. The normalized spacial score (nSPS) is 18.6. The molecule has 22 heavy (non-hydrogen) atoms. The first-order valence-electron chi connectivity index (χ1n) is 6.44. The zero-order valence-electron chi connectivity index (χ0n) is 11.5. The summed E-state index contributed by atoms with van der Waals surface area (Å²) in [5, 5.41) is 0.606. The van der Waals surface area contributed by atoms with E-state index in [9.17, 15) is 18.8 Å². The van der Waals surface area contributed by atoms with Crippen LogP contribution < -0.4 is 0 Å². The number of halogens is 2. The van der Waals surface area contributed by atoms with E-state index in [-0.39, 0.29) is 11.4 Å². The summed E-state index contributed by atoms with van der Waals surface area (Å²) in [6.45, 7) is 0. The van der Waals surface area contributed by atoms with Crippen molar-refractivity contribution in [2.75, 3.05) is 7.05 Å². The molecule has 0 bridgehead atoms. The van der Waals surface area contributed by atoms with E-state index in [2.05, 4.69) is 4.98 Å². The van der Waals surface area contributed by atoms with Crippen LogP contribution >= 0.6 is 11.6 Å². The van der Waals surface area contributed by atoms with Gasteiger partial charge in [0.15, 0.2) is 0 Å². The molecule has 2 heterocycles. The Labute approximate surface area is 129 Å². The Morgan fingerprint density at radius 2 is 2.14 bits per heavy atom. The third-order valence-electron chi connectivity index (χ3n) is 3.82. The number of hydrogen-bond acceptors (Lipinski definition) is 3. The van der Waals surface area contributed by atoms with Crippen LogP contribution in [-0.4, -0.2) is 46.2 Å². The van der Waals surface area contributed by atoms with Gasteiger partial charge in [0.2, 0.25) is 6.41 Å². The molecule has 1 saturated heterocycles. The van der Waals surface area contributed by atoms with Gasteiger partial charge >= 0.3 is 6.03 Å². The molecule has 114 valence electrons. The molecular formula is C14H11ClFN3O3. The highest BCUT2D eigenvalue weighted by Gasteiger charge is 2.43. The average Bonchev–Trinajstić information content (AvgIpc) is 3.00. The number of H-pyrrole nitrogens is 1. The van der Waals surface area contributed by atoms with Gasteiger partial charge in [-0.25, -0.2) is 9.18 Å².